The van der Waals surface area contributed by atoms with Crippen molar-refractivity contribution in [2.24, 2.45) is 0 Å². The molecule has 0 aromatic carbocycles. The lowest BCUT2D eigenvalue weighted by Gasteiger charge is -2.30. The summed E-state index contributed by atoms with van der Waals surface area (Å²) in [5.41, 5.74) is 10.5. The molecule has 9 heteroatoms. The molecule has 0 unspecified atom stereocenters. The van der Waals surface area contributed by atoms with E-state index in [1.54, 1.807) is 12.3 Å². The summed E-state index contributed by atoms with van der Waals surface area (Å²) < 4.78 is 5.36. The molecule has 0 atom stereocenters. The summed E-state index contributed by atoms with van der Waals surface area (Å²) >= 11 is 0. The summed E-state index contributed by atoms with van der Waals surface area (Å²) in [6.45, 7) is 9.55. The third-order valence-corrected chi connectivity index (χ3v) is 5.90. The molecule has 3 aromatic heterocycles. The minimum absolute atomic E-state index is 0.126. The van der Waals surface area contributed by atoms with E-state index in [1.165, 1.54) is 0 Å². The Morgan fingerprint density at radius 3 is 2.44 bits per heavy atom. The third kappa shape index (κ3) is 5.70. The quantitative estimate of drug-likeness (QED) is 0.515. The number of rotatable bonds is 4. The Balaban J connectivity index is 1.41. The van der Waals surface area contributed by atoms with Crippen molar-refractivity contribution in [1.29, 1.82) is 0 Å². The summed E-state index contributed by atoms with van der Waals surface area (Å²) in [5.74, 6) is 1.09. The average Bonchev–Trinajstić information content (AvgIpc) is 2.74. The molecular weight excluding hydrogens is 430 g/mol. The van der Waals surface area contributed by atoms with Crippen molar-refractivity contribution in [1.82, 2.24) is 25.3 Å². The molecule has 3 aromatic rings. The van der Waals surface area contributed by atoms with E-state index < -0.39 is 5.60 Å². The number of alkyl carbamates (subject to hydrolysis) is 1. The molecule has 0 spiro atoms. The molecule has 1 saturated carbocycles. The first-order valence-electron chi connectivity index (χ1n) is 11.7. The van der Waals surface area contributed by atoms with Gasteiger partial charge in [-0.2, -0.15) is 0 Å². The predicted octanol–water partition coefficient (Wildman–Crippen LogP) is 4.53. The lowest BCUT2D eigenvalue weighted by molar-refractivity contribution is 0.0492. The number of pyridine rings is 2. The van der Waals surface area contributed by atoms with E-state index in [1.807, 2.05) is 46.8 Å². The Kier molecular flexibility index (Phi) is 6.54. The van der Waals surface area contributed by atoms with Crippen molar-refractivity contribution < 1.29 is 9.53 Å². The number of carbonyl (C=O) groups is 1. The maximum Gasteiger partial charge on any atom is 0.407 e. The van der Waals surface area contributed by atoms with Crippen molar-refractivity contribution in [3.05, 3.63) is 35.7 Å². The number of nitrogens with two attached hydrogens (primary N) is 1. The van der Waals surface area contributed by atoms with Crippen LogP contribution in [0.1, 0.15) is 57.7 Å². The molecular formula is C25H33N7O2. The highest BCUT2D eigenvalue weighted by molar-refractivity contribution is 5.82. The molecule has 4 rings (SSSR count). The standard InChI is InChI=1S/C25H33N7O2/c1-14-12-19(18-10-11-21(26)28-15(18)2)31-20-13-27-23(32-22(14)20)29-16-6-8-17(9-7-16)30-24(33)34-25(3,4)5/h10-13,16-17H,6-9H2,1-5H3,(H2,26,28)(H,30,33)(H,27,29,32). The van der Waals surface area contributed by atoms with Gasteiger partial charge in [-0.3, -0.25) is 0 Å². The molecule has 34 heavy (non-hydrogen) atoms. The molecule has 9 nitrogen and oxygen atoms in total. The van der Waals surface area contributed by atoms with E-state index >= 15 is 0 Å². The van der Waals surface area contributed by atoms with Crippen LogP contribution in [0.15, 0.2) is 24.4 Å². The molecule has 1 amide bonds. The second-order valence-electron chi connectivity index (χ2n) is 9.96. The van der Waals surface area contributed by atoms with Crippen LogP contribution in [0.4, 0.5) is 16.6 Å². The van der Waals surface area contributed by atoms with Crippen LogP contribution in [0.3, 0.4) is 0 Å². The van der Waals surface area contributed by atoms with Crippen molar-refractivity contribution in [2.45, 2.75) is 78.0 Å². The van der Waals surface area contributed by atoms with Crippen LogP contribution in [0.5, 0.6) is 0 Å². The number of nitrogens with one attached hydrogen (secondary N) is 2. The monoisotopic (exact) mass is 463 g/mol. The number of aryl methyl sites for hydroxylation is 2. The van der Waals surface area contributed by atoms with Gasteiger partial charge in [-0.15, -0.1) is 0 Å². The average molecular weight is 464 g/mol. The van der Waals surface area contributed by atoms with Crippen molar-refractivity contribution in [3.63, 3.8) is 0 Å². The molecule has 0 saturated heterocycles. The second-order valence-corrected chi connectivity index (χ2v) is 9.96. The molecule has 1 aliphatic carbocycles. The molecule has 0 bridgehead atoms. The van der Waals surface area contributed by atoms with Gasteiger partial charge in [-0.25, -0.2) is 24.7 Å². The van der Waals surface area contributed by atoms with Crippen LogP contribution >= 0.6 is 0 Å². The first kappa shape index (κ1) is 23.7. The van der Waals surface area contributed by atoms with Gasteiger partial charge in [0.2, 0.25) is 5.95 Å². The number of fused-ring (bicyclic) bond motifs is 1. The van der Waals surface area contributed by atoms with Crippen LogP contribution in [0.2, 0.25) is 0 Å². The molecule has 1 fully saturated rings. The molecule has 1 aliphatic rings. The summed E-state index contributed by atoms with van der Waals surface area (Å²) in [6, 6.07) is 6.13. The number of nitrogens with zero attached hydrogens (tertiary/aromatic N) is 4. The summed E-state index contributed by atoms with van der Waals surface area (Å²) in [7, 11) is 0. The first-order chi connectivity index (χ1) is 16.1. The number of hydrogen-bond donors (Lipinski definition) is 3. The van der Waals surface area contributed by atoms with Crippen molar-refractivity contribution >= 4 is 28.9 Å². The van der Waals surface area contributed by atoms with Gasteiger partial charge >= 0.3 is 6.09 Å². The van der Waals surface area contributed by atoms with Gasteiger partial charge in [-0.05, 0) is 84.1 Å². The number of anilines is 2. The Labute approximate surface area is 200 Å². The zero-order valence-corrected chi connectivity index (χ0v) is 20.5. The lowest BCUT2D eigenvalue weighted by atomic mass is 9.91. The highest BCUT2D eigenvalue weighted by Crippen LogP contribution is 2.27. The fraction of sp³-hybridized carbons (Fsp3) is 0.480. The molecule has 4 N–H and O–H groups in total. The molecule has 3 heterocycles. The van der Waals surface area contributed by atoms with Crippen molar-refractivity contribution in [3.8, 4) is 11.3 Å². The maximum absolute atomic E-state index is 12.0. The highest BCUT2D eigenvalue weighted by atomic mass is 16.6. The van der Waals surface area contributed by atoms with Gasteiger partial charge in [0.05, 0.1) is 17.4 Å². The number of ether oxygens (including phenoxy) is 1. The number of hydrogen-bond acceptors (Lipinski definition) is 8. The summed E-state index contributed by atoms with van der Waals surface area (Å²) in [5, 5.41) is 6.43. The van der Waals surface area contributed by atoms with Gasteiger partial charge in [0.15, 0.2) is 0 Å². The van der Waals surface area contributed by atoms with E-state index in [0.717, 1.165) is 59.2 Å². The van der Waals surface area contributed by atoms with Gasteiger partial charge in [0.25, 0.3) is 0 Å². The Bertz CT molecular complexity index is 1200. The molecule has 0 aliphatic heterocycles. The first-order valence-corrected chi connectivity index (χ1v) is 11.7. The topological polar surface area (TPSA) is 128 Å². The normalized spacial score (nSPS) is 18.5. The second kappa shape index (κ2) is 9.40. The zero-order chi connectivity index (χ0) is 24.5. The lowest BCUT2D eigenvalue weighted by Crippen LogP contribution is -2.42. The Morgan fingerprint density at radius 1 is 1.06 bits per heavy atom. The molecule has 180 valence electrons. The number of amides is 1. The maximum atomic E-state index is 12.0. The molecule has 0 radical (unpaired) electrons. The minimum Gasteiger partial charge on any atom is -0.444 e. The van der Waals surface area contributed by atoms with E-state index in [2.05, 4.69) is 20.6 Å². The van der Waals surface area contributed by atoms with Gasteiger partial charge in [0, 0.05) is 23.3 Å². The minimum atomic E-state index is -0.491. The number of aromatic nitrogens is 4. The fourth-order valence-corrected chi connectivity index (χ4v) is 4.28. The van der Waals surface area contributed by atoms with Gasteiger partial charge < -0.3 is 21.1 Å². The predicted molar refractivity (Wildman–Crippen MR) is 133 cm³/mol. The number of nitrogen functional groups attached to an aromatic ring is 1. The SMILES string of the molecule is Cc1nc(N)ccc1-c1cc(C)c2nc(NC3CCC(NC(=O)OC(C)(C)C)CC3)ncc2n1. The van der Waals surface area contributed by atoms with E-state index in [0.29, 0.717) is 11.8 Å². The van der Waals surface area contributed by atoms with Gasteiger partial charge in [0.1, 0.15) is 16.9 Å². The van der Waals surface area contributed by atoms with Gasteiger partial charge in [-0.1, -0.05) is 0 Å². The Hall–Kier alpha value is -3.49. The summed E-state index contributed by atoms with van der Waals surface area (Å²) in [4.78, 5) is 30.4. The van der Waals surface area contributed by atoms with E-state index in [4.69, 9.17) is 20.4 Å². The Morgan fingerprint density at radius 2 is 1.76 bits per heavy atom. The smallest absolute Gasteiger partial charge is 0.407 e. The van der Waals surface area contributed by atoms with E-state index in [-0.39, 0.29) is 18.2 Å². The zero-order valence-electron chi connectivity index (χ0n) is 20.5. The summed E-state index contributed by atoms with van der Waals surface area (Å²) in [6.07, 6.45) is 5.00. The van der Waals surface area contributed by atoms with Crippen LogP contribution < -0.4 is 16.4 Å². The fourth-order valence-electron chi connectivity index (χ4n) is 4.28. The van der Waals surface area contributed by atoms with Crippen molar-refractivity contribution in [2.75, 3.05) is 11.1 Å². The van der Waals surface area contributed by atoms with Crippen LogP contribution in [-0.4, -0.2) is 43.7 Å². The largest absolute Gasteiger partial charge is 0.444 e. The van der Waals surface area contributed by atoms with E-state index in [9.17, 15) is 4.79 Å². The van der Waals surface area contributed by atoms with Crippen LogP contribution in [0.25, 0.3) is 22.3 Å². The third-order valence-electron chi connectivity index (χ3n) is 5.90. The van der Waals surface area contributed by atoms with Crippen LogP contribution in [0, 0.1) is 13.8 Å². The number of carbonyl (C=O) groups excluding carboxylic acids is 1. The highest BCUT2D eigenvalue weighted by Gasteiger charge is 2.25. The van der Waals surface area contributed by atoms with Crippen LogP contribution in [-0.2, 0) is 4.74 Å².